The molecule has 0 amide bonds. The number of fused-ring (bicyclic) bond motifs is 1. The lowest BCUT2D eigenvalue weighted by Gasteiger charge is -2.02. The summed E-state index contributed by atoms with van der Waals surface area (Å²) in [7, 11) is 0. The number of hydrogen-bond acceptors (Lipinski definition) is 2. The normalized spacial score (nSPS) is 10.3. The van der Waals surface area contributed by atoms with Crippen LogP contribution in [-0.2, 0) is 0 Å². The highest BCUT2D eigenvalue weighted by atomic mass is 127. The van der Waals surface area contributed by atoms with Crippen LogP contribution < -0.4 is 28.7 Å². The van der Waals surface area contributed by atoms with Gasteiger partial charge < -0.3 is 33.1 Å². The van der Waals surface area contributed by atoms with E-state index in [1.165, 1.54) is 5.69 Å². The van der Waals surface area contributed by atoms with E-state index in [9.17, 15) is 0 Å². The van der Waals surface area contributed by atoms with Crippen molar-refractivity contribution in [1.29, 1.82) is 0 Å². The van der Waals surface area contributed by atoms with Gasteiger partial charge in [-0.05, 0) is 50.2 Å². The summed E-state index contributed by atoms with van der Waals surface area (Å²) in [5.74, 6) is 0.895. The second-order valence-corrected chi connectivity index (χ2v) is 4.48. The van der Waals surface area contributed by atoms with Crippen LogP contribution in [0.15, 0.2) is 48.7 Å². The average Bonchev–Trinajstić information content (AvgIpc) is 2.85. The zero-order valence-electron chi connectivity index (χ0n) is 11.5. The van der Waals surface area contributed by atoms with Gasteiger partial charge in [0.2, 0.25) is 0 Å². The number of halogens is 1. The molecule has 0 atom stereocenters. The number of ether oxygens (including phenoxy) is 1. The minimum atomic E-state index is 0. The molecule has 3 nitrogen and oxygen atoms in total. The number of imidazole rings is 1. The van der Waals surface area contributed by atoms with Gasteiger partial charge in [-0.3, -0.25) is 0 Å². The summed E-state index contributed by atoms with van der Waals surface area (Å²) in [4.78, 5) is 4.64. The lowest BCUT2D eigenvalue weighted by Crippen LogP contribution is -3.00. The van der Waals surface area contributed by atoms with Crippen LogP contribution in [0.1, 0.15) is 12.6 Å². The molecule has 0 radical (unpaired) electrons. The fourth-order valence-corrected chi connectivity index (χ4v) is 2.18. The van der Waals surface area contributed by atoms with E-state index >= 15 is 0 Å². The third kappa shape index (κ3) is 2.80. The molecule has 0 fully saturated rings. The van der Waals surface area contributed by atoms with Gasteiger partial charge in [-0.25, -0.2) is 4.98 Å². The van der Waals surface area contributed by atoms with Crippen LogP contribution in [0.3, 0.4) is 0 Å². The minimum Gasteiger partial charge on any atom is -1.00 e. The van der Waals surface area contributed by atoms with E-state index in [1.807, 2.05) is 43.3 Å². The summed E-state index contributed by atoms with van der Waals surface area (Å²) in [5.41, 5.74) is 4.25. The van der Waals surface area contributed by atoms with Crippen molar-refractivity contribution < 1.29 is 28.7 Å². The maximum absolute atomic E-state index is 5.45. The van der Waals surface area contributed by atoms with Crippen molar-refractivity contribution in [2.45, 2.75) is 13.8 Å². The number of rotatable bonds is 3. The van der Waals surface area contributed by atoms with E-state index in [-0.39, 0.29) is 24.0 Å². The number of aryl methyl sites for hydroxylation is 1. The van der Waals surface area contributed by atoms with Gasteiger partial charge in [-0.2, -0.15) is 0 Å². The summed E-state index contributed by atoms with van der Waals surface area (Å²) in [6, 6.07) is 14.2. The van der Waals surface area contributed by atoms with E-state index in [1.54, 1.807) is 0 Å². The van der Waals surface area contributed by atoms with Gasteiger partial charge in [0.25, 0.3) is 0 Å². The number of nitrogens with zero attached hydrogens (tertiary/aromatic N) is 2. The standard InChI is InChI=1S/C16H16N2O.HI/c1-3-19-14-9-7-13(8-10-14)15-11-18-12(2)5-4-6-16(18)17-15;/h4-11H,3H2,1-2H3;1H/p-1. The maximum atomic E-state index is 5.45. The average molecular weight is 379 g/mol. The van der Waals surface area contributed by atoms with Crippen LogP contribution in [0, 0.1) is 6.92 Å². The van der Waals surface area contributed by atoms with Crippen molar-refractivity contribution >= 4 is 5.65 Å². The molecule has 2 aromatic heterocycles. The Morgan fingerprint density at radius 3 is 2.50 bits per heavy atom. The number of benzene rings is 1. The summed E-state index contributed by atoms with van der Waals surface area (Å²) in [5, 5.41) is 0. The first-order valence-electron chi connectivity index (χ1n) is 6.46. The monoisotopic (exact) mass is 379 g/mol. The van der Waals surface area contributed by atoms with Gasteiger partial charge >= 0.3 is 0 Å². The van der Waals surface area contributed by atoms with Gasteiger partial charge in [0.05, 0.1) is 12.3 Å². The summed E-state index contributed by atoms with van der Waals surface area (Å²) in [6.45, 7) is 4.75. The van der Waals surface area contributed by atoms with Crippen LogP contribution in [0.2, 0.25) is 0 Å². The highest BCUT2D eigenvalue weighted by Gasteiger charge is 2.05. The van der Waals surface area contributed by atoms with Crippen LogP contribution in [-0.4, -0.2) is 16.0 Å². The van der Waals surface area contributed by atoms with E-state index in [0.29, 0.717) is 6.61 Å². The number of hydrogen-bond donors (Lipinski definition) is 0. The molecular formula is C16H16IN2O-. The van der Waals surface area contributed by atoms with Crippen LogP contribution in [0.25, 0.3) is 16.9 Å². The second-order valence-electron chi connectivity index (χ2n) is 4.48. The first-order chi connectivity index (χ1) is 9.28. The number of aromatic nitrogens is 2. The van der Waals surface area contributed by atoms with Gasteiger partial charge in [0, 0.05) is 17.5 Å². The van der Waals surface area contributed by atoms with Gasteiger partial charge in [0.15, 0.2) is 0 Å². The third-order valence-corrected chi connectivity index (χ3v) is 3.16. The minimum absolute atomic E-state index is 0. The van der Waals surface area contributed by atoms with Gasteiger partial charge in [-0.1, -0.05) is 6.07 Å². The third-order valence-electron chi connectivity index (χ3n) is 3.16. The molecule has 0 aliphatic rings. The molecule has 3 aromatic rings. The first-order valence-corrected chi connectivity index (χ1v) is 6.46. The summed E-state index contributed by atoms with van der Waals surface area (Å²) < 4.78 is 7.55. The predicted molar refractivity (Wildman–Crippen MR) is 76.5 cm³/mol. The molecule has 0 aliphatic heterocycles. The molecule has 0 saturated carbocycles. The first kappa shape index (κ1) is 14.8. The molecule has 0 N–H and O–H groups in total. The molecule has 0 aliphatic carbocycles. The largest absolute Gasteiger partial charge is 1.00 e. The maximum Gasteiger partial charge on any atom is 0.137 e. The quantitative estimate of drug-likeness (QED) is 0.627. The second kappa shape index (κ2) is 6.26. The molecule has 0 bridgehead atoms. The zero-order valence-corrected chi connectivity index (χ0v) is 13.7. The van der Waals surface area contributed by atoms with E-state index < -0.39 is 0 Å². The van der Waals surface area contributed by atoms with Crippen LogP contribution >= 0.6 is 0 Å². The Balaban J connectivity index is 0.00000147. The molecule has 104 valence electrons. The summed E-state index contributed by atoms with van der Waals surface area (Å²) in [6.07, 6.45) is 2.07. The Morgan fingerprint density at radius 2 is 1.85 bits per heavy atom. The van der Waals surface area contributed by atoms with Gasteiger partial charge in [-0.15, -0.1) is 0 Å². The van der Waals surface area contributed by atoms with Crippen molar-refractivity contribution in [3.8, 4) is 17.0 Å². The van der Waals surface area contributed by atoms with Crippen molar-refractivity contribution in [3.05, 3.63) is 54.4 Å². The zero-order chi connectivity index (χ0) is 13.2. The Labute approximate surface area is 135 Å². The Hall–Kier alpha value is -1.56. The fourth-order valence-electron chi connectivity index (χ4n) is 2.18. The Morgan fingerprint density at radius 1 is 1.10 bits per heavy atom. The molecule has 3 rings (SSSR count). The highest BCUT2D eigenvalue weighted by molar-refractivity contribution is 5.63. The van der Waals surface area contributed by atoms with E-state index in [2.05, 4.69) is 28.6 Å². The lowest BCUT2D eigenvalue weighted by atomic mass is 10.2. The molecule has 1 aromatic carbocycles. The van der Waals surface area contributed by atoms with Crippen LogP contribution in [0.4, 0.5) is 0 Å². The Kier molecular flexibility index (Phi) is 4.65. The number of pyridine rings is 1. The smallest absolute Gasteiger partial charge is 0.137 e. The van der Waals surface area contributed by atoms with Crippen molar-refractivity contribution in [2.24, 2.45) is 0 Å². The molecule has 2 heterocycles. The van der Waals surface area contributed by atoms with E-state index in [4.69, 9.17) is 4.74 Å². The van der Waals surface area contributed by atoms with Crippen molar-refractivity contribution in [2.75, 3.05) is 6.61 Å². The molecular weight excluding hydrogens is 363 g/mol. The fraction of sp³-hybridized carbons (Fsp3) is 0.188. The lowest BCUT2D eigenvalue weighted by molar-refractivity contribution is -0.00000457. The summed E-state index contributed by atoms with van der Waals surface area (Å²) >= 11 is 0. The molecule has 4 heteroatoms. The predicted octanol–water partition coefficient (Wildman–Crippen LogP) is 0.712. The van der Waals surface area contributed by atoms with Crippen LogP contribution in [0.5, 0.6) is 5.75 Å². The van der Waals surface area contributed by atoms with E-state index in [0.717, 1.165) is 22.7 Å². The Bertz CT molecular complexity index is 704. The van der Waals surface area contributed by atoms with Crippen molar-refractivity contribution in [3.63, 3.8) is 0 Å². The molecule has 0 spiro atoms. The molecule has 0 unspecified atom stereocenters. The van der Waals surface area contributed by atoms with Crippen molar-refractivity contribution in [1.82, 2.24) is 9.38 Å². The SMILES string of the molecule is CCOc1ccc(-c2cn3c(C)cccc3n2)cc1.[I-]. The van der Waals surface area contributed by atoms with Gasteiger partial charge in [0.1, 0.15) is 11.4 Å². The molecule has 20 heavy (non-hydrogen) atoms. The topological polar surface area (TPSA) is 26.5 Å². The highest BCUT2D eigenvalue weighted by Crippen LogP contribution is 2.22. The molecule has 0 saturated heterocycles.